The Morgan fingerprint density at radius 1 is 1.40 bits per heavy atom. The van der Waals surface area contributed by atoms with Crippen molar-refractivity contribution in [1.29, 1.82) is 5.26 Å². The van der Waals surface area contributed by atoms with Crippen LogP contribution in [0.5, 0.6) is 0 Å². The second-order valence-electron chi connectivity index (χ2n) is 4.77. The zero-order chi connectivity index (χ0) is 14.5. The molecule has 1 heterocycles. The number of aryl methyl sites for hydroxylation is 2. The maximum atomic E-state index is 12.2. The van der Waals surface area contributed by atoms with Gasteiger partial charge in [-0.1, -0.05) is 23.8 Å². The zero-order valence-electron chi connectivity index (χ0n) is 11.5. The van der Waals surface area contributed by atoms with E-state index in [1.807, 2.05) is 49.6 Å². The normalized spacial score (nSPS) is 11.7. The SMILES string of the molecule is Cc1ccc(NC(=O)C(C#N)Cc2cccs2)c(C)c1. The molecule has 0 aliphatic carbocycles. The summed E-state index contributed by atoms with van der Waals surface area (Å²) in [6.07, 6.45) is 0.463. The number of carbonyl (C=O) groups excluding carboxylic acids is 1. The van der Waals surface area contributed by atoms with Gasteiger partial charge in [-0.3, -0.25) is 4.79 Å². The number of nitrogens with one attached hydrogen (secondary N) is 1. The Hall–Kier alpha value is -2.12. The number of benzene rings is 1. The summed E-state index contributed by atoms with van der Waals surface area (Å²) in [5, 5.41) is 14.0. The third-order valence-electron chi connectivity index (χ3n) is 3.10. The third kappa shape index (κ3) is 3.46. The summed E-state index contributed by atoms with van der Waals surface area (Å²) in [5.41, 5.74) is 2.93. The van der Waals surface area contributed by atoms with Crippen LogP contribution in [0.2, 0.25) is 0 Å². The first-order chi connectivity index (χ1) is 9.60. The van der Waals surface area contributed by atoms with Crippen molar-refractivity contribution in [2.24, 2.45) is 5.92 Å². The van der Waals surface area contributed by atoms with Crippen molar-refractivity contribution in [2.75, 3.05) is 5.32 Å². The first kappa shape index (κ1) is 14.3. The molecule has 1 amide bonds. The lowest BCUT2D eigenvalue weighted by Gasteiger charge is -2.12. The van der Waals surface area contributed by atoms with Crippen LogP contribution in [-0.2, 0) is 11.2 Å². The van der Waals surface area contributed by atoms with Crippen LogP contribution in [0.15, 0.2) is 35.7 Å². The van der Waals surface area contributed by atoms with E-state index in [2.05, 4.69) is 11.4 Å². The summed E-state index contributed by atoms with van der Waals surface area (Å²) in [5.74, 6) is -0.901. The molecule has 0 spiro atoms. The summed E-state index contributed by atoms with van der Waals surface area (Å²) in [6.45, 7) is 3.96. The van der Waals surface area contributed by atoms with Gasteiger partial charge >= 0.3 is 0 Å². The van der Waals surface area contributed by atoms with Gasteiger partial charge in [-0.15, -0.1) is 11.3 Å². The fourth-order valence-electron chi connectivity index (χ4n) is 2.00. The smallest absolute Gasteiger partial charge is 0.242 e. The van der Waals surface area contributed by atoms with Crippen LogP contribution in [0.25, 0.3) is 0 Å². The van der Waals surface area contributed by atoms with E-state index in [0.29, 0.717) is 6.42 Å². The zero-order valence-corrected chi connectivity index (χ0v) is 12.3. The van der Waals surface area contributed by atoms with E-state index in [4.69, 9.17) is 0 Å². The fourth-order valence-corrected chi connectivity index (χ4v) is 2.75. The highest BCUT2D eigenvalue weighted by Gasteiger charge is 2.19. The molecule has 1 aromatic carbocycles. The number of carbonyl (C=O) groups is 1. The number of hydrogen-bond donors (Lipinski definition) is 1. The quantitative estimate of drug-likeness (QED) is 0.931. The molecule has 4 heteroatoms. The number of amides is 1. The minimum absolute atomic E-state index is 0.243. The second-order valence-corrected chi connectivity index (χ2v) is 5.81. The van der Waals surface area contributed by atoms with Crippen molar-refractivity contribution in [1.82, 2.24) is 0 Å². The maximum absolute atomic E-state index is 12.2. The highest BCUT2D eigenvalue weighted by atomic mass is 32.1. The molecule has 2 rings (SSSR count). The highest BCUT2D eigenvalue weighted by molar-refractivity contribution is 7.09. The molecule has 2 aromatic rings. The largest absolute Gasteiger partial charge is 0.325 e. The summed E-state index contributed by atoms with van der Waals surface area (Å²) in [4.78, 5) is 13.2. The van der Waals surface area contributed by atoms with Crippen LogP contribution in [0.1, 0.15) is 16.0 Å². The number of nitriles is 1. The number of anilines is 1. The van der Waals surface area contributed by atoms with E-state index < -0.39 is 5.92 Å². The van der Waals surface area contributed by atoms with Gasteiger partial charge in [0.2, 0.25) is 5.91 Å². The van der Waals surface area contributed by atoms with E-state index in [1.165, 1.54) is 0 Å². The number of nitrogens with zero attached hydrogens (tertiary/aromatic N) is 1. The van der Waals surface area contributed by atoms with Gasteiger partial charge in [0.1, 0.15) is 5.92 Å². The lowest BCUT2D eigenvalue weighted by molar-refractivity contribution is -0.118. The minimum Gasteiger partial charge on any atom is -0.325 e. The van der Waals surface area contributed by atoms with Crippen molar-refractivity contribution >= 4 is 22.9 Å². The highest BCUT2D eigenvalue weighted by Crippen LogP contribution is 2.19. The number of thiophene rings is 1. The average Bonchev–Trinajstić information content (AvgIpc) is 2.92. The van der Waals surface area contributed by atoms with E-state index in [0.717, 1.165) is 21.7 Å². The Kier molecular flexibility index (Phi) is 4.54. The van der Waals surface area contributed by atoms with Gasteiger partial charge in [0.15, 0.2) is 0 Å². The van der Waals surface area contributed by atoms with Gasteiger partial charge in [-0.05, 0) is 36.9 Å². The summed E-state index contributed by atoms with van der Waals surface area (Å²) >= 11 is 1.56. The predicted octanol–water partition coefficient (Wildman–Crippen LogP) is 3.69. The van der Waals surface area contributed by atoms with Gasteiger partial charge in [0.25, 0.3) is 0 Å². The molecule has 0 aliphatic rings. The molecule has 3 nitrogen and oxygen atoms in total. The lowest BCUT2D eigenvalue weighted by Crippen LogP contribution is -2.23. The Labute approximate surface area is 122 Å². The van der Waals surface area contributed by atoms with Crippen LogP contribution in [0.4, 0.5) is 5.69 Å². The lowest BCUT2D eigenvalue weighted by atomic mass is 10.0. The van der Waals surface area contributed by atoms with Gasteiger partial charge in [0.05, 0.1) is 6.07 Å². The monoisotopic (exact) mass is 284 g/mol. The van der Waals surface area contributed by atoms with Crippen molar-refractivity contribution in [2.45, 2.75) is 20.3 Å². The summed E-state index contributed by atoms with van der Waals surface area (Å²) in [6, 6.07) is 11.8. The van der Waals surface area contributed by atoms with Crippen molar-refractivity contribution in [3.05, 3.63) is 51.7 Å². The Bertz CT molecular complexity index is 641. The fraction of sp³-hybridized carbons (Fsp3) is 0.250. The molecule has 1 atom stereocenters. The maximum Gasteiger partial charge on any atom is 0.242 e. The van der Waals surface area contributed by atoms with Crippen LogP contribution in [-0.4, -0.2) is 5.91 Å². The topological polar surface area (TPSA) is 52.9 Å². The summed E-state index contributed by atoms with van der Waals surface area (Å²) < 4.78 is 0. The van der Waals surface area contributed by atoms with Crippen LogP contribution >= 0.6 is 11.3 Å². The van der Waals surface area contributed by atoms with E-state index in [9.17, 15) is 10.1 Å². The van der Waals surface area contributed by atoms with Gasteiger partial charge in [0, 0.05) is 17.0 Å². The molecule has 0 saturated heterocycles. The van der Waals surface area contributed by atoms with Crippen LogP contribution < -0.4 is 5.32 Å². The van der Waals surface area contributed by atoms with Gasteiger partial charge in [-0.25, -0.2) is 0 Å². The molecule has 0 radical (unpaired) electrons. The third-order valence-corrected chi connectivity index (χ3v) is 4.00. The second kappa shape index (κ2) is 6.36. The Balaban J connectivity index is 2.08. The Morgan fingerprint density at radius 3 is 2.80 bits per heavy atom. The number of hydrogen-bond acceptors (Lipinski definition) is 3. The molecular formula is C16H16N2OS. The van der Waals surface area contributed by atoms with Crippen molar-refractivity contribution < 1.29 is 4.79 Å². The van der Waals surface area contributed by atoms with E-state index in [1.54, 1.807) is 11.3 Å². The van der Waals surface area contributed by atoms with Crippen molar-refractivity contribution in [3.8, 4) is 6.07 Å². The molecule has 0 fully saturated rings. The summed E-state index contributed by atoms with van der Waals surface area (Å²) in [7, 11) is 0. The molecule has 0 saturated carbocycles. The van der Waals surface area contributed by atoms with Crippen molar-refractivity contribution in [3.63, 3.8) is 0 Å². The van der Waals surface area contributed by atoms with E-state index >= 15 is 0 Å². The molecule has 1 unspecified atom stereocenters. The van der Waals surface area contributed by atoms with Crippen LogP contribution in [0.3, 0.4) is 0 Å². The van der Waals surface area contributed by atoms with E-state index in [-0.39, 0.29) is 5.91 Å². The number of rotatable bonds is 4. The molecule has 102 valence electrons. The Morgan fingerprint density at radius 2 is 2.20 bits per heavy atom. The standard InChI is InChI=1S/C16H16N2OS/c1-11-5-6-15(12(2)8-11)18-16(19)13(10-17)9-14-4-3-7-20-14/h3-8,13H,9H2,1-2H3,(H,18,19). The molecule has 0 bridgehead atoms. The van der Waals surface area contributed by atoms with Crippen LogP contribution in [0, 0.1) is 31.1 Å². The molecular weight excluding hydrogens is 268 g/mol. The molecule has 1 N–H and O–H groups in total. The molecule has 0 aliphatic heterocycles. The molecule has 20 heavy (non-hydrogen) atoms. The molecule has 1 aromatic heterocycles. The average molecular weight is 284 g/mol. The van der Waals surface area contributed by atoms with Gasteiger partial charge in [-0.2, -0.15) is 5.26 Å². The predicted molar refractivity (Wildman–Crippen MR) is 81.7 cm³/mol. The first-order valence-corrected chi connectivity index (χ1v) is 7.28. The first-order valence-electron chi connectivity index (χ1n) is 6.40. The minimum atomic E-state index is -0.658. The van der Waals surface area contributed by atoms with Gasteiger partial charge < -0.3 is 5.32 Å².